The van der Waals surface area contributed by atoms with Crippen LogP contribution in [0.5, 0.6) is 0 Å². The first-order valence-electron chi connectivity index (χ1n) is 11.1. The molecule has 0 aromatic heterocycles. The second-order valence-corrected chi connectivity index (χ2v) is 8.33. The molecule has 176 valence electrons. The van der Waals surface area contributed by atoms with Crippen LogP contribution in [0.3, 0.4) is 0 Å². The summed E-state index contributed by atoms with van der Waals surface area (Å²) < 4.78 is 5.54. The van der Waals surface area contributed by atoms with Crippen molar-refractivity contribution in [2.24, 2.45) is 5.92 Å². The van der Waals surface area contributed by atoms with Crippen LogP contribution in [0.4, 0.5) is 4.79 Å². The van der Waals surface area contributed by atoms with E-state index in [1.807, 2.05) is 50.2 Å². The fourth-order valence-electron chi connectivity index (χ4n) is 4.07. The van der Waals surface area contributed by atoms with Gasteiger partial charge < -0.3 is 25.6 Å². The molecular weight excluding hydrogens is 424 g/mol. The number of ether oxygens (including phenoxy) is 1. The maximum atomic E-state index is 12.6. The van der Waals surface area contributed by atoms with E-state index in [1.165, 1.54) is 0 Å². The summed E-state index contributed by atoms with van der Waals surface area (Å²) in [4.78, 5) is 35.9. The third kappa shape index (κ3) is 5.90. The third-order valence-corrected chi connectivity index (χ3v) is 6.03. The molecule has 33 heavy (non-hydrogen) atoms. The summed E-state index contributed by atoms with van der Waals surface area (Å²) in [6.45, 7) is 3.63. The first-order chi connectivity index (χ1) is 15.8. The molecule has 2 amide bonds. The van der Waals surface area contributed by atoms with Crippen molar-refractivity contribution in [1.29, 1.82) is 0 Å². The van der Waals surface area contributed by atoms with Gasteiger partial charge in [-0.05, 0) is 28.2 Å². The fourth-order valence-corrected chi connectivity index (χ4v) is 4.07. The molecule has 3 rings (SSSR count). The molecule has 4 N–H and O–H groups in total. The molecule has 8 nitrogen and oxygen atoms in total. The number of aliphatic hydroxyl groups excluding tert-OH is 1. The van der Waals surface area contributed by atoms with Gasteiger partial charge in [-0.15, -0.1) is 0 Å². The number of rotatable bonds is 10. The van der Waals surface area contributed by atoms with Gasteiger partial charge in [-0.1, -0.05) is 68.8 Å². The number of carbonyl (C=O) groups excluding carboxylic acids is 2. The Morgan fingerprint density at radius 3 is 2.15 bits per heavy atom. The second-order valence-electron chi connectivity index (χ2n) is 8.33. The molecular formula is C25H30N2O6. The summed E-state index contributed by atoms with van der Waals surface area (Å²) in [5.41, 5.74) is 4.43. The van der Waals surface area contributed by atoms with Gasteiger partial charge in [0.25, 0.3) is 0 Å². The summed E-state index contributed by atoms with van der Waals surface area (Å²) in [7, 11) is 0. The first kappa shape index (κ1) is 24.3. The van der Waals surface area contributed by atoms with Gasteiger partial charge in [0.05, 0.1) is 12.5 Å². The molecule has 1 aliphatic rings. The molecule has 0 spiro atoms. The summed E-state index contributed by atoms with van der Waals surface area (Å²) in [5.74, 6) is -1.94. The van der Waals surface area contributed by atoms with E-state index in [1.54, 1.807) is 0 Å². The van der Waals surface area contributed by atoms with Crippen molar-refractivity contribution >= 4 is 18.0 Å². The van der Waals surface area contributed by atoms with Crippen molar-refractivity contribution in [1.82, 2.24) is 10.6 Å². The molecule has 1 unspecified atom stereocenters. The van der Waals surface area contributed by atoms with Gasteiger partial charge in [-0.25, -0.2) is 4.79 Å². The van der Waals surface area contributed by atoms with E-state index >= 15 is 0 Å². The molecule has 0 aliphatic heterocycles. The van der Waals surface area contributed by atoms with Gasteiger partial charge in [0.15, 0.2) is 0 Å². The molecule has 0 saturated carbocycles. The topological polar surface area (TPSA) is 125 Å². The van der Waals surface area contributed by atoms with Gasteiger partial charge in [-0.3, -0.25) is 9.59 Å². The fraction of sp³-hybridized carbons (Fsp3) is 0.400. The Hall–Kier alpha value is -3.39. The highest BCUT2D eigenvalue weighted by atomic mass is 16.5. The predicted molar refractivity (Wildman–Crippen MR) is 123 cm³/mol. The van der Waals surface area contributed by atoms with Crippen molar-refractivity contribution < 1.29 is 29.3 Å². The zero-order valence-corrected chi connectivity index (χ0v) is 18.8. The molecule has 0 radical (unpaired) electrons. The largest absolute Gasteiger partial charge is 0.481 e. The van der Waals surface area contributed by atoms with Crippen LogP contribution < -0.4 is 10.6 Å². The van der Waals surface area contributed by atoms with E-state index in [9.17, 15) is 19.5 Å². The minimum atomic E-state index is -1.21. The Kier molecular flexibility index (Phi) is 8.06. The number of aliphatic hydroxyl groups is 1. The van der Waals surface area contributed by atoms with E-state index in [2.05, 4.69) is 22.8 Å². The Balaban J connectivity index is 1.62. The van der Waals surface area contributed by atoms with Gasteiger partial charge in [0.1, 0.15) is 12.6 Å². The zero-order valence-electron chi connectivity index (χ0n) is 18.8. The van der Waals surface area contributed by atoms with Crippen LogP contribution in [0.1, 0.15) is 43.7 Å². The average molecular weight is 455 g/mol. The number of alkyl carbamates (subject to hydrolysis) is 1. The van der Waals surface area contributed by atoms with Crippen LogP contribution in [0.25, 0.3) is 11.1 Å². The quantitative estimate of drug-likeness (QED) is 0.438. The smallest absolute Gasteiger partial charge is 0.407 e. The van der Waals surface area contributed by atoms with E-state index in [0.717, 1.165) is 22.3 Å². The second kappa shape index (κ2) is 11.0. The van der Waals surface area contributed by atoms with Crippen LogP contribution >= 0.6 is 0 Å². The number of benzene rings is 2. The van der Waals surface area contributed by atoms with Crippen molar-refractivity contribution in [2.45, 2.75) is 44.8 Å². The monoisotopic (exact) mass is 454 g/mol. The van der Waals surface area contributed by atoms with Crippen molar-refractivity contribution in [3.8, 4) is 11.1 Å². The molecule has 0 fully saturated rings. The SMILES string of the molecule is CC[C@H](C)[C@H](NC(=O)OCC1c2ccccc2-c2ccccc21)C(=O)NCC(O)CC(=O)O. The summed E-state index contributed by atoms with van der Waals surface area (Å²) >= 11 is 0. The number of fused-ring (bicyclic) bond motifs is 3. The third-order valence-electron chi connectivity index (χ3n) is 6.03. The predicted octanol–water partition coefficient (Wildman–Crippen LogP) is 2.89. The standard InChI is InChI=1S/C25H30N2O6/c1-3-15(2)23(24(31)26-13-16(28)12-22(29)30)27-25(32)33-14-21-19-10-6-4-8-17(19)18-9-5-7-11-20(18)21/h4-11,15-16,21,23,28H,3,12-14H2,1-2H3,(H,26,31)(H,27,32)(H,29,30)/t15-,16?,23-/m0/s1. The van der Waals surface area contributed by atoms with E-state index in [0.29, 0.717) is 6.42 Å². The lowest BCUT2D eigenvalue weighted by Crippen LogP contribution is -2.51. The normalized spacial score (nSPS) is 15.0. The molecule has 0 bridgehead atoms. The van der Waals surface area contributed by atoms with Crippen molar-refractivity contribution in [3.63, 3.8) is 0 Å². The van der Waals surface area contributed by atoms with E-state index in [4.69, 9.17) is 9.84 Å². The van der Waals surface area contributed by atoms with Crippen molar-refractivity contribution in [2.75, 3.05) is 13.2 Å². The summed E-state index contributed by atoms with van der Waals surface area (Å²) in [6, 6.07) is 15.2. The number of carbonyl (C=O) groups is 3. The van der Waals surface area contributed by atoms with Gasteiger partial charge >= 0.3 is 12.1 Å². The maximum Gasteiger partial charge on any atom is 0.407 e. The lowest BCUT2D eigenvalue weighted by atomic mass is 9.98. The Morgan fingerprint density at radius 2 is 1.61 bits per heavy atom. The molecule has 2 aromatic rings. The number of nitrogens with one attached hydrogen (secondary N) is 2. The van der Waals surface area contributed by atoms with Crippen LogP contribution in [0.15, 0.2) is 48.5 Å². The van der Waals surface area contributed by atoms with Gasteiger partial charge in [-0.2, -0.15) is 0 Å². The Morgan fingerprint density at radius 1 is 1.03 bits per heavy atom. The molecule has 1 aliphatic carbocycles. The molecule has 2 aromatic carbocycles. The zero-order chi connectivity index (χ0) is 24.0. The van der Waals surface area contributed by atoms with E-state index < -0.39 is 36.5 Å². The lowest BCUT2D eigenvalue weighted by molar-refractivity contribution is -0.139. The van der Waals surface area contributed by atoms with Crippen LogP contribution in [-0.2, 0) is 14.3 Å². The minimum absolute atomic E-state index is 0.0924. The van der Waals surface area contributed by atoms with Crippen molar-refractivity contribution in [3.05, 3.63) is 59.7 Å². The first-order valence-corrected chi connectivity index (χ1v) is 11.1. The summed E-state index contributed by atoms with van der Waals surface area (Å²) in [5, 5.41) is 23.6. The van der Waals surface area contributed by atoms with Crippen LogP contribution in [-0.4, -0.2) is 53.5 Å². The molecule has 3 atom stereocenters. The minimum Gasteiger partial charge on any atom is -0.481 e. The number of carboxylic acids is 1. The Labute approximate surface area is 193 Å². The number of carboxylic acid groups (broad SMARTS) is 1. The highest BCUT2D eigenvalue weighted by molar-refractivity contribution is 5.86. The van der Waals surface area contributed by atoms with Crippen LogP contribution in [0, 0.1) is 5.92 Å². The molecule has 0 heterocycles. The maximum absolute atomic E-state index is 12.6. The summed E-state index contributed by atoms with van der Waals surface area (Å²) in [6.07, 6.45) is -1.77. The number of aliphatic carboxylic acids is 1. The highest BCUT2D eigenvalue weighted by Gasteiger charge is 2.31. The average Bonchev–Trinajstić information content (AvgIpc) is 3.12. The van der Waals surface area contributed by atoms with Crippen LogP contribution in [0.2, 0.25) is 0 Å². The number of hydrogen-bond donors (Lipinski definition) is 4. The van der Waals surface area contributed by atoms with E-state index in [-0.39, 0.29) is 25.0 Å². The van der Waals surface area contributed by atoms with Gasteiger partial charge in [0.2, 0.25) is 5.91 Å². The Bertz CT molecular complexity index is 962. The highest BCUT2D eigenvalue weighted by Crippen LogP contribution is 2.44. The molecule has 0 saturated heterocycles. The lowest BCUT2D eigenvalue weighted by Gasteiger charge is -2.24. The molecule has 8 heteroatoms. The number of amides is 2. The van der Waals surface area contributed by atoms with Gasteiger partial charge in [0, 0.05) is 12.5 Å². The number of hydrogen-bond acceptors (Lipinski definition) is 5.